The SMILES string of the molecule is CCOC(=O)CCCOc1c(F)cc(-c2ccccc2CC2CCC2)cc1F. The van der Waals surface area contributed by atoms with Crippen LogP contribution in [-0.2, 0) is 16.0 Å². The van der Waals surface area contributed by atoms with Crippen molar-refractivity contribution in [3.63, 3.8) is 0 Å². The molecule has 0 aliphatic heterocycles. The van der Waals surface area contributed by atoms with Crippen LogP contribution in [0.5, 0.6) is 5.75 Å². The topological polar surface area (TPSA) is 35.5 Å². The molecule has 0 unspecified atom stereocenters. The van der Waals surface area contributed by atoms with E-state index in [4.69, 9.17) is 9.47 Å². The highest BCUT2D eigenvalue weighted by Crippen LogP contribution is 2.35. The summed E-state index contributed by atoms with van der Waals surface area (Å²) >= 11 is 0. The zero-order chi connectivity index (χ0) is 19.9. The van der Waals surface area contributed by atoms with Crippen molar-refractivity contribution in [2.24, 2.45) is 5.92 Å². The van der Waals surface area contributed by atoms with Crippen LogP contribution in [0.1, 0.15) is 44.6 Å². The molecule has 0 saturated heterocycles. The largest absolute Gasteiger partial charge is 0.488 e. The molecule has 0 spiro atoms. The van der Waals surface area contributed by atoms with E-state index in [9.17, 15) is 13.6 Å². The van der Waals surface area contributed by atoms with Crippen molar-refractivity contribution in [1.82, 2.24) is 0 Å². The van der Waals surface area contributed by atoms with E-state index in [1.165, 1.54) is 31.4 Å². The summed E-state index contributed by atoms with van der Waals surface area (Å²) in [6, 6.07) is 10.4. The Morgan fingerprint density at radius 1 is 1.14 bits per heavy atom. The third kappa shape index (κ3) is 5.09. The molecule has 1 fully saturated rings. The first kappa shape index (κ1) is 20.3. The van der Waals surface area contributed by atoms with Crippen LogP contribution in [0, 0.1) is 17.6 Å². The van der Waals surface area contributed by atoms with Crippen molar-refractivity contribution in [3.05, 3.63) is 53.6 Å². The van der Waals surface area contributed by atoms with Crippen molar-refractivity contribution in [3.8, 4) is 16.9 Å². The van der Waals surface area contributed by atoms with E-state index in [-0.39, 0.29) is 19.0 Å². The number of carbonyl (C=O) groups excluding carboxylic acids is 1. The van der Waals surface area contributed by atoms with Crippen molar-refractivity contribution in [2.45, 2.75) is 45.4 Å². The second-order valence-electron chi connectivity index (χ2n) is 7.18. The van der Waals surface area contributed by atoms with Gasteiger partial charge in [0, 0.05) is 6.42 Å². The number of hydrogen-bond donors (Lipinski definition) is 0. The van der Waals surface area contributed by atoms with E-state index in [0.717, 1.165) is 17.5 Å². The molecule has 0 aromatic heterocycles. The minimum atomic E-state index is -0.732. The van der Waals surface area contributed by atoms with Crippen LogP contribution in [0.2, 0.25) is 0 Å². The first-order chi connectivity index (χ1) is 13.6. The van der Waals surface area contributed by atoms with Crippen LogP contribution in [0.3, 0.4) is 0 Å². The summed E-state index contributed by atoms with van der Waals surface area (Å²) in [6.07, 6.45) is 5.13. The van der Waals surface area contributed by atoms with Gasteiger partial charge in [0.1, 0.15) is 0 Å². The maximum Gasteiger partial charge on any atom is 0.305 e. The van der Waals surface area contributed by atoms with Crippen LogP contribution in [0.4, 0.5) is 8.78 Å². The lowest BCUT2D eigenvalue weighted by molar-refractivity contribution is -0.143. The Hall–Kier alpha value is -2.43. The van der Waals surface area contributed by atoms with Crippen molar-refractivity contribution < 1.29 is 23.0 Å². The number of benzene rings is 2. The second kappa shape index (κ2) is 9.67. The average Bonchev–Trinajstić information content (AvgIpc) is 2.64. The molecule has 0 amide bonds. The number of ether oxygens (including phenoxy) is 2. The summed E-state index contributed by atoms with van der Waals surface area (Å²) in [6.45, 7) is 2.09. The van der Waals surface area contributed by atoms with Gasteiger partial charge >= 0.3 is 5.97 Å². The average molecular weight is 388 g/mol. The maximum atomic E-state index is 14.5. The summed E-state index contributed by atoms with van der Waals surface area (Å²) in [4.78, 5) is 11.3. The van der Waals surface area contributed by atoms with Gasteiger partial charge in [0.15, 0.2) is 17.4 Å². The van der Waals surface area contributed by atoms with E-state index in [0.29, 0.717) is 24.5 Å². The molecule has 0 bridgehead atoms. The number of hydrogen-bond acceptors (Lipinski definition) is 3. The molecule has 0 radical (unpaired) electrons. The lowest BCUT2D eigenvalue weighted by Gasteiger charge is -2.26. The van der Waals surface area contributed by atoms with Gasteiger partial charge in [-0.15, -0.1) is 0 Å². The normalized spacial score (nSPS) is 13.8. The molecule has 3 rings (SSSR count). The Morgan fingerprint density at radius 3 is 2.50 bits per heavy atom. The van der Waals surface area contributed by atoms with Gasteiger partial charge in [-0.25, -0.2) is 8.78 Å². The third-order valence-corrected chi connectivity index (χ3v) is 5.14. The van der Waals surface area contributed by atoms with E-state index in [2.05, 4.69) is 0 Å². The van der Waals surface area contributed by atoms with Gasteiger partial charge in [0.2, 0.25) is 0 Å². The number of halogens is 2. The van der Waals surface area contributed by atoms with Crippen molar-refractivity contribution in [2.75, 3.05) is 13.2 Å². The molecule has 0 N–H and O–H groups in total. The molecule has 0 atom stereocenters. The van der Waals surface area contributed by atoms with E-state index < -0.39 is 17.4 Å². The molecule has 150 valence electrons. The van der Waals surface area contributed by atoms with Gasteiger partial charge in [-0.3, -0.25) is 4.79 Å². The first-order valence-corrected chi connectivity index (χ1v) is 9.94. The van der Waals surface area contributed by atoms with Gasteiger partial charge in [0.25, 0.3) is 0 Å². The molecule has 1 saturated carbocycles. The van der Waals surface area contributed by atoms with Crippen LogP contribution in [0.15, 0.2) is 36.4 Å². The van der Waals surface area contributed by atoms with Gasteiger partial charge < -0.3 is 9.47 Å². The lowest BCUT2D eigenvalue weighted by Crippen LogP contribution is -2.14. The van der Waals surface area contributed by atoms with E-state index in [1.807, 2.05) is 24.3 Å². The minimum Gasteiger partial charge on any atom is -0.488 e. The Balaban J connectivity index is 1.69. The van der Waals surface area contributed by atoms with Crippen molar-refractivity contribution >= 4 is 5.97 Å². The fraction of sp³-hybridized carbons (Fsp3) is 0.435. The molecule has 2 aromatic carbocycles. The molecule has 0 heterocycles. The van der Waals surface area contributed by atoms with Gasteiger partial charge in [0.05, 0.1) is 13.2 Å². The monoisotopic (exact) mass is 388 g/mol. The van der Waals surface area contributed by atoms with Crippen LogP contribution < -0.4 is 4.74 Å². The highest BCUT2D eigenvalue weighted by Gasteiger charge is 2.20. The number of esters is 1. The summed E-state index contributed by atoms with van der Waals surface area (Å²) < 4.78 is 39.1. The van der Waals surface area contributed by atoms with E-state index in [1.54, 1.807) is 6.92 Å². The fourth-order valence-electron chi connectivity index (χ4n) is 3.47. The standard InChI is InChI=1S/C23H26F2O3/c1-2-27-22(26)11-6-12-28-23-20(24)14-18(15-21(23)25)19-10-4-3-9-17(19)13-16-7-5-8-16/h3-4,9-10,14-16H,2,5-8,11-13H2,1H3. The zero-order valence-corrected chi connectivity index (χ0v) is 16.2. The first-order valence-electron chi connectivity index (χ1n) is 9.94. The van der Waals surface area contributed by atoms with Crippen molar-refractivity contribution in [1.29, 1.82) is 0 Å². The van der Waals surface area contributed by atoms with E-state index >= 15 is 0 Å². The molecule has 3 nitrogen and oxygen atoms in total. The molecular formula is C23H26F2O3. The molecule has 2 aromatic rings. The number of carbonyl (C=O) groups is 1. The van der Waals surface area contributed by atoms with Crippen LogP contribution in [-0.4, -0.2) is 19.2 Å². The minimum absolute atomic E-state index is 0.0459. The summed E-state index contributed by atoms with van der Waals surface area (Å²) in [7, 11) is 0. The van der Waals surface area contributed by atoms with Gasteiger partial charge in [-0.05, 0) is 54.5 Å². The highest BCUT2D eigenvalue weighted by atomic mass is 19.1. The molecule has 28 heavy (non-hydrogen) atoms. The summed E-state index contributed by atoms with van der Waals surface area (Å²) in [5, 5.41) is 0. The maximum absolute atomic E-state index is 14.5. The Kier molecular flexibility index (Phi) is 7.01. The summed E-state index contributed by atoms with van der Waals surface area (Å²) in [5.41, 5.74) is 2.50. The smallest absolute Gasteiger partial charge is 0.305 e. The molecule has 5 heteroatoms. The Morgan fingerprint density at radius 2 is 1.86 bits per heavy atom. The predicted molar refractivity (Wildman–Crippen MR) is 104 cm³/mol. The Labute approximate surface area is 164 Å². The van der Waals surface area contributed by atoms with Gasteiger partial charge in [-0.1, -0.05) is 43.5 Å². The quantitative estimate of drug-likeness (QED) is 0.408. The van der Waals surface area contributed by atoms with Crippen LogP contribution in [0.25, 0.3) is 11.1 Å². The fourth-order valence-corrected chi connectivity index (χ4v) is 3.47. The molecular weight excluding hydrogens is 362 g/mol. The van der Waals surface area contributed by atoms with Gasteiger partial charge in [-0.2, -0.15) is 0 Å². The summed E-state index contributed by atoms with van der Waals surface area (Å²) in [5.74, 6) is -1.54. The van der Waals surface area contributed by atoms with Crippen LogP contribution >= 0.6 is 0 Å². The molecule has 1 aliphatic rings. The predicted octanol–water partition coefficient (Wildman–Crippen LogP) is 5.70. The second-order valence-corrected chi connectivity index (χ2v) is 7.18. The lowest BCUT2D eigenvalue weighted by atomic mass is 9.79. The third-order valence-electron chi connectivity index (χ3n) is 5.14. The highest BCUT2D eigenvalue weighted by molar-refractivity contribution is 5.69. The number of rotatable bonds is 9. The zero-order valence-electron chi connectivity index (χ0n) is 16.2. The molecule has 1 aliphatic carbocycles. The Bertz CT molecular complexity index is 792.